The summed E-state index contributed by atoms with van der Waals surface area (Å²) < 4.78 is 1.99. The second-order valence-electron chi connectivity index (χ2n) is 4.23. The third-order valence-corrected chi connectivity index (χ3v) is 3.04. The Labute approximate surface area is 103 Å². The molecule has 0 aromatic carbocycles. The summed E-state index contributed by atoms with van der Waals surface area (Å²) in [6, 6.07) is 0.628. The van der Waals surface area contributed by atoms with Gasteiger partial charge in [-0.05, 0) is 13.8 Å². The predicted octanol–water partition coefficient (Wildman–Crippen LogP) is 1.12. The molecule has 0 aliphatic carbocycles. The molecule has 2 rings (SSSR count). The molecule has 92 valence electrons. The fraction of sp³-hybridized carbons (Fsp3) is 0.727. The fourth-order valence-corrected chi connectivity index (χ4v) is 2.01. The highest BCUT2D eigenvalue weighted by Gasteiger charge is 2.17. The summed E-state index contributed by atoms with van der Waals surface area (Å²) in [4.78, 5) is 2.51. The number of hydrogen-bond acceptors (Lipinski definition) is 3. The summed E-state index contributed by atoms with van der Waals surface area (Å²) in [6.45, 7) is 9.72. The molecular formula is C11H21ClN4. The minimum absolute atomic E-state index is 0. The standard InChI is InChI=1S/C11H20N4.ClH/c1-3-15-9-11(7-13-15)8-14-5-4-12-6-10(14)2;/h7,9-10,12H,3-6,8H2,1-2H3;1H/t10-;/m0./s1. The Morgan fingerprint density at radius 3 is 3.00 bits per heavy atom. The molecule has 1 fully saturated rings. The van der Waals surface area contributed by atoms with E-state index in [2.05, 4.69) is 35.4 Å². The molecule has 0 saturated carbocycles. The van der Waals surface area contributed by atoms with Crippen LogP contribution < -0.4 is 5.32 Å². The first-order valence-electron chi connectivity index (χ1n) is 5.75. The maximum atomic E-state index is 4.30. The molecule has 0 unspecified atom stereocenters. The van der Waals surface area contributed by atoms with E-state index in [0.29, 0.717) is 6.04 Å². The maximum Gasteiger partial charge on any atom is 0.0534 e. The van der Waals surface area contributed by atoms with Gasteiger partial charge in [0.05, 0.1) is 6.20 Å². The van der Waals surface area contributed by atoms with Crippen molar-refractivity contribution < 1.29 is 0 Å². The number of nitrogens with zero attached hydrogens (tertiary/aromatic N) is 3. The Kier molecular flexibility index (Phi) is 5.25. The normalized spacial score (nSPS) is 21.8. The molecule has 0 radical (unpaired) electrons. The molecule has 1 aromatic rings. The Bertz CT molecular complexity index is 313. The highest BCUT2D eigenvalue weighted by molar-refractivity contribution is 5.85. The van der Waals surface area contributed by atoms with Crippen molar-refractivity contribution in [2.45, 2.75) is 33.0 Å². The maximum absolute atomic E-state index is 4.30. The first-order valence-corrected chi connectivity index (χ1v) is 5.75. The summed E-state index contributed by atoms with van der Waals surface area (Å²) in [5, 5.41) is 7.70. The van der Waals surface area contributed by atoms with Gasteiger partial charge in [-0.3, -0.25) is 9.58 Å². The fourth-order valence-electron chi connectivity index (χ4n) is 2.01. The highest BCUT2D eigenvalue weighted by atomic mass is 35.5. The van der Waals surface area contributed by atoms with E-state index in [1.807, 2.05) is 10.9 Å². The molecule has 5 heteroatoms. The van der Waals surface area contributed by atoms with E-state index in [0.717, 1.165) is 32.7 Å². The van der Waals surface area contributed by atoms with Gasteiger partial charge in [0.25, 0.3) is 0 Å². The zero-order valence-corrected chi connectivity index (χ0v) is 10.8. The first-order chi connectivity index (χ1) is 7.29. The van der Waals surface area contributed by atoms with Gasteiger partial charge in [-0.25, -0.2) is 0 Å². The molecule has 0 amide bonds. The third kappa shape index (κ3) is 3.20. The lowest BCUT2D eigenvalue weighted by molar-refractivity contribution is 0.165. The number of aromatic nitrogens is 2. The molecular weight excluding hydrogens is 224 g/mol. The van der Waals surface area contributed by atoms with Crippen molar-refractivity contribution in [2.75, 3.05) is 19.6 Å². The molecule has 4 nitrogen and oxygen atoms in total. The van der Waals surface area contributed by atoms with Gasteiger partial charge in [-0.2, -0.15) is 5.10 Å². The van der Waals surface area contributed by atoms with Crippen molar-refractivity contribution in [1.29, 1.82) is 0 Å². The average molecular weight is 245 g/mol. The van der Waals surface area contributed by atoms with Crippen LogP contribution in [0.1, 0.15) is 19.4 Å². The predicted molar refractivity (Wildman–Crippen MR) is 67.9 cm³/mol. The Hall–Kier alpha value is -0.580. The van der Waals surface area contributed by atoms with Crippen LogP contribution in [0, 0.1) is 0 Å². The summed E-state index contributed by atoms with van der Waals surface area (Å²) in [5.74, 6) is 0. The lowest BCUT2D eigenvalue weighted by Crippen LogP contribution is -2.49. The third-order valence-electron chi connectivity index (χ3n) is 3.04. The van der Waals surface area contributed by atoms with Crippen molar-refractivity contribution in [3.8, 4) is 0 Å². The summed E-state index contributed by atoms with van der Waals surface area (Å²) >= 11 is 0. The van der Waals surface area contributed by atoms with Gasteiger partial charge in [0, 0.05) is 50.5 Å². The highest BCUT2D eigenvalue weighted by Crippen LogP contribution is 2.09. The molecule has 0 bridgehead atoms. The van der Waals surface area contributed by atoms with Crippen LogP contribution in [-0.4, -0.2) is 40.4 Å². The van der Waals surface area contributed by atoms with Crippen LogP contribution in [-0.2, 0) is 13.1 Å². The molecule has 1 atom stereocenters. The van der Waals surface area contributed by atoms with Crippen LogP contribution in [0.2, 0.25) is 0 Å². The molecule has 2 heterocycles. The van der Waals surface area contributed by atoms with Gasteiger partial charge >= 0.3 is 0 Å². The van der Waals surface area contributed by atoms with Crippen molar-refractivity contribution in [3.05, 3.63) is 18.0 Å². The lowest BCUT2D eigenvalue weighted by atomic mass is 10.2. The SMILES string of the molecule is CCn1cc(CN2CCNC[C@@H]2C)cn1.Cl. The van der Waals surface area contributed by atoms with E-state index in [1.54, 1.807) is 0 Å². The Morgan fingerprint density at radius 1 is 1.56 bits per heavy atom. The Balaban J connectivity index is 0.00000128. The van der Waals surface area contributed by atoms with Crippen LogP contribution >= 0.6 is 12.4 Å². The van der Waals surface area contributed by atoms with Gasteiger partial charge in [0.15, 0.2) is 0 Å². The van der Waals surface area contributed by atoms with E-state index < -0.39 is 0 Å². The number of hydrogen-bond donors (Lipinski definition) is 1. The molecule has 0 spiro atoms. The second-order valence-corrected chi connectivity index (χ2v) is 4.23. The van der Waals surface area contributed by atoms with E-state index >= 15 is 0 Å². The monoisotopic (exact) mass is 244 g/mol. The topological polar surface area (TPSA) is 33.1 Å². The minimum atomic E-state index is 0. The number of piperazine rings is 1. The van der Waals surface area contributed by atoms with E-state index in [-0.39, 0.29) is 12.4 Å². The smallest absolute Gasteiger partial charge is 0.0534 e. The summed E-state index contributed by atoms with van der Waals surface area (Å²) in [5.41, 5.74) is 1.32. The van der Waals surface area contributed by atoms with Crippen LogP contribution in [0.25, 0.3) is 0 Å². The molecule has 16 heavy (non-hydrogen) atoms. The average Bonchev–Trinajstić information content (AvgIpc) is 2.69. The van der Waals surface area contributed by atoms with E-state index in [9.17, 15) is 0 Å². The Morgan fingerprint density at radius 2 is 2.38 bits per heavy atom. The van der Waals surface area contributed by atoms with Crippen molar-refractivity contribution in [3.63, 3.8) is 0 Å². The number of rotatable bonds is 3. The zero-order chi connectivity index (χ0) is 10.7. The molecule has 1 N–H and O–H groups in total. The lowest BCUT2D eigenvalue weighted by Gasteiger charge is -2.33. The van der Waals surface area contributed by atoms with Gasteiger partial charge in [0.2, 0.25) is 0 Å². The minimum Gasteiger partial charge on any atom is -0.314 e. The number of nitrogens with one attached hydrogen (secondary N) is 1. The molecule has 1 aromatic heterocycles. The zero-order valence-electron chi connectivity index (χ0n) is 10.0. The van der Waals surface area contributed by atoms with Crippen molar-refractivity contribution >= 4 is 12.4 Å². The number of halogens is 1. The van der Waals surface area contributed by atoms with Gasteiger partial charge in [-0.1, -0.05) is 0 Å². The quantitative estimate of drug-likeness (QED) is 0.865. The van der Waals surface area contributed by atoms with Crippen LogP contribution in [0.5, 0.6) is 0 Å². The largest absolute Gasteiger partial charge is 0.314 e. The summed E-state index contributed by atoms with van der Waals surface area (Å²) in [7, 11) is 0. The van der Waals surface area contributed by atoms with Gasteiger partial charge in [0.1, 0.15) is 0 Å². The first kappa shape index (κ1) is 13.5. The number of aryl methyl sites for hydroxylation is 1. The van der Waals surface area contributed by atoms with Crippen LogP contribution in [0.15, 0.2) is 12.4 Å². The molecule has 1 aliphatic rings. The second kappa shape index (κ2) is 6.23. The van der Waals surface area contributed by atoms with E-state index in [4.69, 9.17) is 0 Å². The van der Waals surface area contributed by atoms with Crippen molar-refractivity contribution in [2.24, 2.45) is 0 Å². The van der Waals surface area contributed by atoms with Crippen LogP contribution in [0.4, 0.5) is 0 Å². The van der Waals surface area contributed by atoms with Crippen LogP contribution in [0.3, 0.4) is 0 Å². The van der Waals surface area contributed by atoms with Crippen molar-refractivity contribution in [1.82, 2.24) is 20.0 Å². The molecule has 1 saturated heterocycles. The van der Waals surface area contributed by atoms with Gasteiger partial charge < -0.3 is 5.32 Å². The molecule has 1 aliphatic heterocycles. The summed E-state index contributed by atoms with van der Waals surface area (Å²) in [6.07, 6.45) is 4.13. The van der Waals surface area contributed by atoms with E-state index in [1.165, 1.54) is 5.56 Å². The van der Waals surface area contributed by atoms with Gasteiger partial charge in [-0.15, -0.1) is 12.4 Å².